The smallest absolute Gasteiger partial charge is 0.256 e. The maximum absolute atomic E-state index is 15.5. The van der Waals surface area contributed by atoms with Gasteiger partial charge in [0.25, 0.3) is 5.91 Å². The fourth-order valence-corrected chi connectivity index (χ4v) is 13.1. The van der Waals surface area contributed by atoms with Crippen molar-refractivity contribution in [2.75, 3.05) is 75.8 Å². The van der Waals surface area contributed by atoms with Crippen molar-refractivity contribution in [1.82, 2.24) is 60.5 Å². The average Bonchev–Trinajstić information content (AvgIpc) is 0.810. The number of likely N-dealkylation sites (N-methyl/N-ethyl adjacent to an activating group) is 7. The van der Waals surface area contributed by atoms with Crippen LogP contribution in [0.4, 0.5) is 0 Å². The van der Waals surface area contributed by atoms with Crippen molar-refractivity contribution >= 4 is 76.7 Å². The maximum Gasteiger partial charge on any atom is 0.256 e. The van der Waals surface area contributed by atoms with Gasteiger partial charge in [-0.25, -0.2) is 0 Å². The largest absolute Gasteiger partial charge is 0.390 e. The Morgan fingerprint density at radius 3 is 1.47 bits per heavy atom. The Hall–Kier alpha value is -5.86. The number of hydrogen-bond donors (Lipinski definition) is 5. The van der Waals surface area contributed by atoms with E-state index in [9.17, 15) is 24.3 Å². The lowest BCUT2D eigenvalue weighted by Gasteiger charge is -2.41. The van der Waals surface area contributed by atoms with Gasteiger partial charge in [-0.1, -0.05) is 95.2 Å². The van der Waals surface area contributed by atoms with Crippen LogP contribution in [0.5, 0.6) is 0 Å². The van der Waals surface area contributed by atoms with E-state index in [2.05, 4.69) is 40.0 Å². The Morgan fingerprint density at radius 1 is 0.536 bits per heavy atom. The number of carbonyl (C=O) groups excluding carboxylic acids is 11. The first-order valence-corrected chi connectivity index (χ1v) is 36.1. The van der Waals surface area contributed by atoms with Crippen LogP contribution in [0.25, 0.3) is 0 Å². The third-order valence-electron chi connectivity index (χ3n) is 18.8. The number of carbonyl (C=O) groups is 11. The topological polar surface area (TPSA) is 291 Å². The number of nitrogens with zero attached hydrogens (tertiary/aromatic N) is 8. The van der Waals surface area contributed by atoms with Crippen LogP contribution in [0.15, 0.2) is 12.2 Å². The highest BCUT2D eigenvalue weighted by Crippen LogP contribution is 2.29. The van der Waals surface area contributed by atoms with E-state index in [-0.39, 0.29) is 55.9 Å². The molecule has 26 heteroatoms. The zero-order valence-electron chi connectivity index (χ0n) is 64.5. The number of methoxy groups -OCH3 is 1. The monoisotopic (exact) mass is 1390 g/mol. The molecule has 25 nitrogen and oxygen atoms in total. The summed E-state index contributed by atoms with van der Waals surface area (Å²) in [5.74, 6) is -9.54. The van der Waals surface area contributed by atoms with Gasteiger partial charge in [0.05, 0.1) is 11.7 Å². The van der Waals surface area contributed by atoms with Crippen molar-refractivity contribution in [1.29, 1.82) is 0 Å². The first-order valence-electron chi connectivity index (χ1n) is 35.0. The normalized spacial score (nSPS) is 26.1. The second kappa shape index (κ2) is 41.0. The van der Waals surface area contributed by atoms with Gasteiger partial charge in [-0.05, 0) is 148 Å². The molecule has 0 radical (unpaired) electrons. The van der Waals surface area contributed by atoms with Gasteiger partial charge in [0.15, 0.2) is 5.37 Å². The van der Waals surface area contributed by atoms with Gasteiger partial charge in [0.2, 0.25) is 59.1 Å². The fourth-order valence-electron chi connectivity index (χ4n) is 11.9. The summed E-state index contributed by atoms with van der Waals surface area (Å²) >= 11 is 1.18. The lowest BCUT2D eigenvalue weighted by molar-refractivity contribution is -0.157. The van der Waals surface area contributed by atoms with Crippen molar-refractivity contribution in [3.63, 3.8) is 0 Å². The summed E-state index contributed by atoms with van der Waals surface area (Å²) in [6, 6.07) is -12.6. The molecule has 0 aromatic rings. The molecule has 1 aliphatic rings. The third-order valence-corrected chi connectivity index (χ3v) is 20.2. The number of rotatable bonds is 23. The van der Waals surface area contributed by atoms with Crippen LogP contribution in [-0.4, -0.2) is 269 Å². The Bertz CT molecular complexity index is 2640. The molecule has 0 aromatic heterocycles. The van der Waals surface area contributed by atoms with Crippen molar-refractivity contribution in [2.45, 2.75) is 266 Å². The molecule has 1 aliphatic heterocycles. The summed E-state index contributed by atoms with van der Waals surface area (Å²) < 4.78 is 5.86. The summed E-state index contributed by atoms with van der Waals surface area (Å²) in [6.07, 6.45) is 4.07. The number of aliphatic hydroxyl groups excluding tert-OH is 1. The first-order chi connectivity index (χ1) is 44.8. The summed E-state index contributed by atoms with van der Waals surface area (Å²) in [4.78, 5) is 176. The van der Waals surface area contributed by atoms with Crippen LogP contribution < -0.4 is 21.3 Å². The summed E-state index contributed by atoms with van der Waals surface area (Å²) in [7, 11) is 13.5. The highest BCUT2D eigenvalue weighted by molar-refractivity contribution is 8.00. The number of hydrogen-bond acceptors (Lipinski definition) is 15. The molecule has 1 fully saturated rings. The lowest BCUT2D eigenvalue weighted by atomic mass is 9.91. The highest BCUT2D eigenvalue weighted by Gasteiger charge is 2.47. The van der Waals surface area contributed by atoms with Crippen LogP contribution in [-0.2, 0) is 57.5 Å². The Labute approximate surface area is 587 Å². The molecule has 0 aromatic carbocycles. The van der Waals surface area contributed by atoms with Crippen molar-refractivity contribution in [3.8, 4) is 0 Å². The van der Waals surface area contributed by atoms with Gasteiger partial charge < -0.3 is 70.3 Å². The molecular formula is C71H130N12O13S. The molecule has 0 aliphatic carbocycles. The molecule has 0 saturated carbocycles. The van der Waals surface area contributed by atoms with Crippen molar-refractivity contribution in [3.05, 3.63) is 12.2 Å². The molecule has 1 heterocycles. The molecule has 0 unspecified atom stereocenters. The molecular weight excluding hydrogens is 1260 g/mol. The zero-order valence-corrected chi connectivity index (χ0v) is 65.3. The molecule has 1 saturated heterocycles. The molecule has 1 rings (SSSR count). The minimum absolute atomic E-state index is 0.0113. The van der Waals surface area contributed by atoms with Crippen LogP contribution in [0.1, 0.15) is 183 Å². The van der Waals surface area contributed by atoms with Gasteiger partial charge in [0, 0.05) is 68.9 Å². The van der Waals surface area contributed by atoms with Gasteiger partial charge >= 0.3 is 0 Å². The number of nitrogens with one attached hydrogen (secondary N) is 4. The summed E-state index contributed by atoms with van der Waals surface area (Å²) in [6.45, 7) is 34.6. The van der Waals surface area contributed by atoms with Crippen LogP contribution in [0.3, 0.4) is 0 Å². The third kappa shape index (κ3) is 26.0. The Kier molecular flexibility index (Phi) is 37.7. The van der Waals surface area contributed by atoms with E-state index in [0.29, 0.717) is 18.6 Å². The van der Waals surface area contributed by atoms with E-state index < -0.39 is 160 Å². The summed E-state index contributed by atoms with van der Waals surface area (Å²) in [5.41, 5.74) is -1.05. The van der Waals surface area contributed by atoms with Gasteiger partial charge in [-0.2, -0.15) is 0 Å². The van der Waals surface area contributed by atoms with Crippen LogP contribution in [0.2, 0.25) is 0 Å². The van der Waals surface area contributed by atoms with E-state index in [1.54, 1.807) is 61.5 Å². The number of amides is 11. The predicted molar refractivity (Wildman–Crippen MR) is 383 cm³/mol. The summed E-state index contributed by atoms with van der Waals surface area (Å²) in [5, 5.41) is 22.2. The second-order valence-corrected chi connectivity index (χ2v) is 31.0. The molecule has 558 valence electrons. The first kappa shape index (κ1) is 89.2. The molecule has 13 atom stereocenters. The van der Waals surface area contributed by atoms with E-state index in [1.807, 2.05) is 61.6 Å². The van der Waals surface area contributed by atoms with Crippen molar-refractivity contribution < 1.29 is 62.6 Å². The number of thioether (sulfide) groups is 1. The minimum Gasteiger partial charge on any atom is -0.390 e. The maximum atomic E-state index is 15.5. The number of allylic oxidation sites excluding steroid dienone is 2. The van der Waals surface area contributed by atoms with Gasteiger partial charge in [0.1, 0.15) is 60.4 Å². The number of unbranched alkanes of at least 4 members (excludes halogenated alkanes) is 1. The average molecular weight is 1390 g/mol. The van der Waals surface area contributed by atoms with Crippen molar-refractivity contribution in [2.24, 2.45) is 35.5 Å². The Morgan fingerprint density at radius 2 is 1.00 bits per heavy atom. The van der Waals surface area contributed by atoms with Gasteiger partial charge in [-0.3, -0.25) is 52.7 Å². The molecule has 0 bridgehead atoms. The standard InChI is InChI=1S/C71H130N12O13S/c1-29-31-34-47(15)58(84)57-62(88)74-50(30-2)64(90)83(27)70(97-36-33-32-35-76(20)46(13)14)69(95)80(24)54(40-71(18,19)96-28)61(87)75-55(44(9)10)67(93)77(21)51(37-41(3)4)60(86)72-48(16)59(85)73-49(17)63(89)78(22)52(38-42(5)6)65(91)79(23)53(39-43(7)8)66(92)81(25)56(45(11)12)68(94)82(57)26/h29,31,41-58,70,84H,30,32-40H2,1-28H3,(H,72,86)(H,73,85)(H,74,88)(H,75,87)/b31-29+/t47-,48+,49-,50+,51+,52+,53+,54+,55+,56+,57+,58-,70-/m1/s1. The fraction of sp³-hybridized carbons (Fsp3) is 0.817. The van der Waals surface area contributed by atoms with E-state index in [1.165, 1.54) is 111 Å². The minimum atomic E-state index is -1.65. The molecule has 11 amide bonds. The van der Waals surface area contributed by atoms with E-state index >= 15 is 33.6 Å². The molecule has 97 heavy (non-hydrogen) atoms. The second-order valence-electron chi connectivity index (χ2n) is 29.8. The zero-order chi connectivity index (χ0) is 75.2. The SMILES string of the molecule is C/C=C/C[C@@H](C)[C@@H](O)[C@H]1C(=O)N[C@@H](CC)C(=O)N(C)[C@H](SCCCCN(C)C(C)C)C(=O)N(C)[C@@H](CC(C)(C)OC)C(=O)N[C@@H](C(C)C)C(=O)N(C)[C@@H](CC(C)C)C(=O)N[C@@H](C)C(=O)N[C@H](C)C(=O)N(C)[C@@H](CC(C)C)C(=O)N(C)[C@@H](CC(C)C)C(=O)N(C)[C@@H](C(C)C)C(=O)N1C. The van der Waals surface area contributed by atoms with Crippen LogP contribution >= 0.6 is 11.8 Å². The number of ether oxygens (including phenoxy) is 1. The number of aliphatic hydroxyl groups is 1. The van der Waals surface area contributed by atoms with E-state index in [0.717, 1.165) is 17.9 Å². The van der Waals surface area contributed by atoms with Crippen LogP contribution in [0, 0.1) is 35.5 Å². The lowest BCUT2D eigenvalue weighted by Crippen LogP contribution is -2.64. The predicted octanol–water partition coefficient (Wildman–Crippen LogP) is 5.22. The molecule has 5 N–H and O–H groups in total. The highest BCUT2D eigenvalue weighted by atomic mass is 32.2. The molecule has 0 spiro atoms. The van der Waals surface area contributed by atoms with E-state index in [4.69, 9.17) is 4.74 Å². The van der Waals surface area contributed by atoms with Gasteiger partial charge in [-0.15, -0.1) is 11.8 Å². The quantitative estimate of drug-likeness (QED) is 0.0648. The Balaban J connectivity index is 4.61.